The monoisotopic (exact) mass is 534 g/mol. The van der Waals surface area contributed by atoms with E-state index in [0.29, 0.717) is 27.1 Å². The second-order valence-electron chi connectivity index (χ2n) is 7.70. The molecule has 0 unspecified atom stereocenters. The zero-order valence-electron chi connectivity index (χ0n) is 20.1. The van der Waals surface area contributed by atoms with Crippen molar-refractivity contribution in [2.24, 2.45) is 0 Å². The summed E-state index contributed by atoms with van der Waals surface area (Å²) in [7, 11) is 0. The van der Waals surface area contributed by atoms with Gasteiger partial charge in [-0.2, -0.15) is 0 Å². The number of benzene rings is 2. The van der Waals surface area contributed by atoms with Crippen LogP contribution in [0.2, 0.25) is 10.0 Å². The van der Waals surface area contributed by atoms with Crippen LogP contribution in [-0.4, -0.2) is 35.0 Å². The molecule has 2 aromatic heterocycles. The molecule has 4 aromatic rings. The molecule has 0 bridgehead atoms. The van der Waals surface area contributed by atoms with E-state index in [2.05, 4.69) is 21.8 Å². The largest absolute Gasteiger partial charge is 0.346 e. The Hall–Kier alpha value is -3.30. The van der Waals surface area contributed by atoms with Gasteiger partial charge < -0.3 is 0 Å². The van der Waals surface area contributed by atoms with Crippen LogP contribution in [0.5, 0.6) is 0 Å². The van der Waals surface area contributed by atoms with Crippen LogP contribution in [0.15, 0.2) is 59.9 Å². The Morgan fingerprint density at radius 2 is 1.72 bits per heavy atom. The van der Waals surface area contributed by atoms with E-state index in [-0.39, 0.29) is 24.7 Å². The lowest BCUT2D eigenvalue weighted by molar-refractivity contribution is 0.00854. The Morgan fingerprint density at radius 1 is 1.06 bits per heavy atom. The van der Waals surface area contributed by atoms with Gasteiger partial charge in [0.15, 0.2) is 17.5 Å². The average molecular weight is 535 g/mol. The van der Waals surface area contributed by atoms with E-state index >= 15 is 0 Å². The van der Waals surface area contributed by atoms with Gasteiger partial charge >= 0.3 is 5.69 Å². The molecule has 0 saturated carbocycles. The van der Waals surface area contributed by atoms with Gasteiger partial charge in [-0.05, 0) is 49.4 Å². The van der Waals surface area contributed by atoms with Crippen molar-refractivity contribution in [3.8, 4) is 17.1 Å². The third-order valence-corrected chi connectivity index (χ3v) is 5.60. The highest BCUT2D eigenvalue weighted by molar-refractivity contribution is 6.32. The van der Waals surface area contributed by atoms with Crippen molar-refractivity contribution in [2.45, 2.75) is 46.2 Å². The van der Waals surface area contributed by atoms with Crippen molar-refractivity contribution >= 4 is 29.3 Å². The Balaban J connectivity index is 0.00000176. The van der Waals surface area contributed by atoms with Crippen molar-refractivity contribution in [3.05, 3.63) is 87.3 Å². The van der Waals surface area contributed by atoms with Crippen molar-refractivity contribution in [1.29, 1.82) is 0 Å². The molecule has 0 atom stereocenters. The van der Waals surface area contributed by atoms with Gasteiger partial charge in [-0.15, -0.1) is 10.2 Å². The molecule has 0 fully saturated rings. The summed E-state index contributed by atoms with van der Waals surface area (Å²) in [5, 5.41) is 9.83. The molecule has 0 aliphatic carbocycles. The van der Waals surface area contributed by atoms with Crippen molar-refractivity contribution in [2.75, 3.05) is 0 Å². The fourth-order valence-corrected chi connectivity index (χ4v) is 3.71. The van der Waals surface area contributed by atoms with E-state index < -0.39 is 18.0 Å². The molecule has 0 aliphatic rings. The van der Waals surface area contributed by atoms with Crippen LogP contribution in [0.25, 0.3) is 23.2 Å². The number of aromatic nitrogens is 6. The maximum absolute atomic E-state index is 13.6. The standard InChI is InChI=1S/C23H20Cl2F2N6O.C2H6/c1-3-20-28-19(29-33(20)18-7-5-4-6-17(18)25)14-32-22(34)31(13-12-23(2,26)27)21(30-32)15-8-10-16(24)11-9-15;1-2/h3-11H,1,12-14H2,2H3;1-2H3. The van der Waals surface area contributed by atoms with Crippen LogP contribution in [-0.2, 0) is 13.1 Å². The van der Waals surface area contributed by atoms with Crippen LogP contribution >= 0.6 is 23.2 Å². The number of hydrogen-bond acceptors (Lipinski definition) is 4. The molecule has 2 heterocycles. The highest BCUT2D eigenvalue weighted by atomic mass is 35.5. The number of rotatable bonds is 8. The Kier molecular flexibility index (Phi) is 8.81. The summed E-state index contributed by atoms with van der Waals surface area (Å²) in [6.45, 7) is 8.29. The van der Waals surface area contributed by atoms with E-state index in [1.807, 2.05) is 19.9 Å². The molecular formula is C25H26Cl2F2N6O. The van der Waals surface area contributed by atoms with Gasteiger partial charge in [0.05, 0.1) is 10.7 Å². The second-order valence-corrected chi connectivity index (χ2v) is 8.54. The third-order valence-electron chi connectivity index (χ3n) is 5.03. The predicted molar refractivity (Wildman–Crippen MR) is 139 cm³/mol. The maximum Gasteiger partial charge on any atom is 0.346 e. The molecule has 0 saturated heterocycles. The van der Waals surface area contributed by atoms with Crippen LogP contribution in [0, 0.1) is 0 Å². The van der Waals surface area contributed by atoms with Crippen molar-refractivity contribution in [3.63, 3.8) is 0 Å². The SMILES string of the molecule is C=Cc1nc(Cn2nc(-c3ccc(Cl)cc3)n(CCC(C)(F)F)c2=O)nn1-c1ccccc1Cl.CC. The number of alkyl halides is 2. The molecule has 7 nitrogen and oxygen atoms in total. The first-order chi connectivity index (χ1) is 17.2. The minimum atomic E-state index is -2.94. The summed E-state index contributed by atoms with van der Waals surface area (Å²) in [5.41, 5.74) is 0.618. The lowest BCUT2D eigenvalue weighted by Crippen LogP contribution is -2.28. The summed E-state index contributed by atoms with van der Waals surface area (Å²) in [4.78, 5) is 17.5. The predicted octanol–water partition coefficient (Wildman–Crippen LogP) is 6.36. The highest BCUT2D eigenvalue weighted by Gasteiger charge is 2.24. The van der Waals surface area contributed by atoms with E-state index in [1.54, 1.807) is 42.5 Å². The number of nitrogens with zero attached hydrogens (tertiary/aromatic N) is 6. The van der Waals surface area contributed by atoms with Crippen LogP contribution in [0.3, 0.4) is 0 Å². The first-order valence-corrected chi connectivity index (χ1v) is 12.1. The quantitative estimate of drug-likeness (QED) is 0.263. The van der Waals surface area contributed by atoms with Crippen LogP contribution in [0.4, 0.5) is 8.78 Å². The smallest absolute Gasteiger partial charge is 0.275 e. The van der Waals surface area contributed by atoms with Crippen molar-refractivity contribution in [1.82, 2.24) is 29.1 Å². The Bertz CT molecular complexity index is 1390. The summed E-state index contributed by atoms with van der Waals surface area (Å²) in [6, 6.07) is 13.7. The lowest BCUT2D eigenvalue weighted by Gasteiger charge is -2.11. The van der Waals surface area contributed by atoms with Gasteiger partial charge in [-0.3, -0.25) is 4.57 Å². The fourth-order valence-electron chi connectivity index (χ4n) is 3.37. The molecule has 0 aliphatic heterocycles. The van der Waals surface area contributed by atoms with Crippen molar-refractivity contribution < 1.29 is 8.78 Å². The molecule has 36 heavy (non-hydrogen) atoms. The molecule has 4 rings (SSSR count). The van der Waals surface area contributed by atoms with Gasteiger partial charge in [0.1, 0.15) is 6.54 Å². The van der Waals surface area contributed by atoms with Gasteiger partial charge in [0.2, 0.25) is 5.92 Å². The molecule has 11 heteroatoms. The molecule has 0 N–H and O–H groups in total. The number of hydrogen-bond donors (Lipinski definition) is 0. The molecule has 0 radical (unpaired) electrons. The third kappa shape index (κ3) is 6.27. The zero-order valence-corrected chi connectivity index (χ0v) is 21.6. The summed E-state index contributed by atoms with van der Waals surface area (Å²) >= 11 is 12.3. The molecule has 2 aromatic carbocycles. The van der Waals surface area contributed by atoms with Gasteiger partial charge in [0, 0.05) is 23.6 Å². The van der Waals surface area contributed by atoms with Crippen LogP contribution in [0.1, 0.15) is 38.8 Å². The minimum absolute atomic E-state index is 0.0762. The van der Waals surface area contributed by atoms with Gasteiger partial charge in [0.25, 0.3) is 0 Å². The molecule has 0 spiro atoms. The lowest BCUT2D eigenvalue weighted by atomic mass is 10.2. The summed E-state index contributed by atoms with van der Waals surface area (Å²) in [6.07, 6.45) is 1.00. The average Bonchev–Trinajstić information content (AvgIpc) is 3.40. The Morgan fingerprint density at radius 3 is 2.33 bits per heavy atom. The fraction of sp³-hybridized carbons (Fsp3) is 0.280. The Labute approximate surface area is 217 Å². The molecule has 0 amide bonds. The first-order valence-electron chi connectivity index (χ1n) is 11.3. The van der Waals surface area contributed by atoms with Gasteiger partial charge in [-0.25, -0.2) is 27.9 Å². The van der Waals surface area contributed by atoms with E-state index in [0.717, 1.165) is 11.6 Å². The minimum Gasteiger partial charge on any atom is -0.275 e. The van der Waals surface area contributed by atoms with E-state index in [4.69, 9.17) is 23.2 Å². The van der Waals surface area contributed by atoms with E-state index in [1.165, 1.54) is 15.3 Å². The van der Waals surface area contributed by atoms with E-state index in [9.17, 15) is 13.6 Å². The highest BCUT2D eigenvalue weighted by Crippen LogP contribution is 2.23. The second kappa shape index (κ2) is 11.6. The summed E-state index contributed by atoms with van der Waals surface area (Å²) in [5.74, 6) is -1.97. The first kappa shape index (κ1) is 27.3. The number of halogens is 4. The molecular weight excluding hydrogens is 509 g/mol. The normalized spacial score (nSPS) is 11.2. The topological polar surface area (TPSA) is 70.5 Å². The summed E-state index contributed by atoms with van der Waals surface area (Å²) < 4.78 is 31.0. The number of para-hydroxylation sites is 1. The maximum atomic E-state index is 13.6. The zero-order chi connectivity index (χ0) is 26.5. The van der Waals surface area contributed by atoms with Crippen LogP contribution < -0.4 is 5.69 Å². The molecule has 190 valence electrons. The van der Waals surface area contributed by atoms with Gasteiger partial charge in [-0.1, -0.05) is 55.8 Å².